The van der Waals surface area contributed by atoms with Crippen LogP contribution < -0.4 is 10.6 Å². The second-order valence-corrected chi connectivity index (χ2v) is 5.90. The van der Waals surface area contributed by atoms with Crippen LogP contribution in [0.4, 0.5) is 11.5 Å². The molecule has 0 aliphatic heterocycles. The molecule has 0 spiro atoms. The lowest BCUT2D eigenvalue weighted by Gasteiger charge is -2.09. The highest BCUT2D eigenvalue weighted by molar-refractivity contribution is 6.04. The lowest BCUT2D eigenvalue weighted by Crippen LogP contribution is -2.13. The van der Waals surface area contributed by atoms with E-state index in [-0.39, 0.29) is 11.9 Å². The van der Waals surface area contributed by atoms with E-state index >= 15 is 0 Å². The Labute approximate surface area is 162 Å². The van der Waals surface area contributed by atoms with Crippen LogP contribution in [0.5, 0.6) is 0 Å². The molecule has 1 amide bonds. The zero-order chi connectivity index (χ0) is 19.8. The van der Waals surface area contributed by atoms with Gasteiger partial charge in [-0.3, -0.25) is 9.78 Å². The number of aromatic nitrogens is 2. The molecule has 3 aromatic rings. The van der Waals surface area contributed by atoms with Crippen LogP contribution in [0.3, 0.4) is 0 Å². The monoisotopic (exact) mass is 376 g/mol. The number of anilines is 2. The van der Waals surface area contributed by atoms with Crippen LogP contribution in [-0.4, -0.2) is 28.5 Å². The molecule has 0 fully saturated rings. The van der Waals surface area contributed by atoms with Crippen molar-refractivity contribution in [1.29, 1.82) is 0 Å². The zero-order valence-electron chi connectivity index (χ0n) is 15.4. The maximum Gasteiger partial charge on any atom is 0.338 e. The lowest BCUT2D eigenvalue weighted by atomic mass is 10.2. The van der Waals surface area contributed by atoms with Crippen molar-refractivity contribution < 1.29 is 14.3 Å². The Morgan fingerprint density at radius 3 is 2.57 bits per heavy atom. The molecule has 0 unspecified atom stereocenters. The van der Waals surface area contributed by atoms with E-state index < -0.39 is 0 Å². The molecule has 2 N–H and O–H groups in total. The molecule has 1 aromatic carbocycles. The van der Waals surface area contributed by atoms with Gasteiger partial charge in [0, 0.05) is 36.4 Å². The van der Waals surface area contributed by atoms with Crippen LogP contribution in [-0.2, 0) is 11.3 Å². The average molecular weight is 376 g/mol. The van der Waals surface area contributed by atoms with Crippen LogP contribution in [0.15, 0.2) is 67.1 Å². The standard InChI is InChI=1S/C21H20N4O3/c1-2-28-21(27)16-5-7-18(8-6-16)25-20(26)17-9-11-23-19(12-17)24-14-15-4-3-10-22-13-15/h3-13H,2,14H2,1H3,(H,23,24)(H,25,26). The smallest absolute Gasteiger partial charge is 0.338 e. The number of hydrogen-bond acceptors (Lipinski definition) is 6. The SMILES string of the molecule is CCOC(=O)c1ccc(NC(=O)c2ccnc(NCc3cccnc3)c2)cc1. The number of carbonyl (C=O) groups is 2. The van der Waals surface area contributed by atoms with Crippen molar-refractivity contribution >= 4 is 23.4 Å². The predicted molar refractivity (Wildman–Crippen MR) is 106 cm³/mol. The summed E-state index contributed by atoms with van der Waals surface area (Å²) in [6.07, 6.45) is 5.06. The number of benzene rings is 1. The first-order chi connectivity index (χ1) is 13.7. The number of nitrogens with zero attached hydrogens (tertiary/aromatic N) is 2. The molecule has 0 atom stereocenters. The minimum Gasteiger partial charge on any atom is -0.462 e. The Morgan fingerprint density at radius 2 is 1.86 bits per heavy atom. The van der Waals surface area contributed by atoms with E-state index in [1.807, 2.05) is 12.1 Å². The Bertz CT molecular complexity index is 943. The molecule has 0 aliphatic rings. The third kappa shape index (κ3) is 5.14. The second kappa shape index (κ2) is 9.27. The maximum atomic E-state index is 12.5. The average Bonchev–Trinajstić information content (AvgIpc) is 2.74. The summed E-state index contributed by atoms with van der Waals surface area (Å²) in [4.78, 5) is 32.5. The maximum absolute atomic E-state index is 12.5. The van der Waals surface area contributed by atoms with Gasteiger partial charge >= 0.3 is 5.97 Å². The summed E-state index contributed by atoms with van der Waals surface area (Å²) in [5.74, 6) is -0.0660. The van der Waals surface area contributed by atoms with Gasteiger partial charge in [0.05, 0.1) is 12.2 Å². The van der Waals surface area contributed by atoms with Gasteiger partial charge in [-0.2, -0.15) is 0 Å². The van der Waals surface area contributed by atoms with Crippen molar-refractivity contribution in [3.63, 3.8) is 0 Å². The normalized spacial score (nSPS) is 10.2. The van der Waals surface area contributed by atoms with Crippen LogP contribution in [0.2, 0.25) is 0 Å². The number of ether oxygens (including phenoxy) is 1. The van der Waals surface area contributed by atoms with E-state index in [0.717, 1.165) is 5.56 Å². The van der Waals surface area contributed by atoms with E-state index in [2.05, 4.69) is 20.6 Å². The first kappa shape index (κ1) is 19.0. The molecular formula is C21H20N4O3. The van der Waals surface area contributed by atoms with Gasteiger partial charge in [-0.1, -0.05) is 6.07 Å². The fourth-order valence-corrected chi connectivity index (χ4v) is 2.47. The van der Waals surface area contributed by atoms with Crippen LogP contribution in [0.1, 0.15) is 33.2 Å². The second-order valence-electron chi connectivity index (χ2n) is 5.90. The number of pyridine rings is 2. The van der Waals surface area contributed by atoms with Gasteiger partial charge in [0.15, 0.2) is 0 Å². The minimum absolute atomic E-state index is 0.268. The summed E-state index contributed by atoms with van der Waals surface area (Å²) in [6, 6.07) is 13.7. The van der Waals surface area contributed by atoms with E-state index in [1.165, 1.54) is 0 Å². The van der Waals surface area contributed by atoms with Crippen molar-refractivity contribution in [2.24, 2.45) is 0 Å². The zero-order valence-corrected chi connectivity index (χ0v) is 15.4. The molecule has 0 saturated carbocycles. The van der Waals surface area contributed by atoms with Crippen molar-refractivity contribution in [3.8, 4) is 0 Å². The molecule has 7 heteroatoms. The Kier molecular flexibility index (Phi) is 6.30. The number of esters is 1. The molecule has 0 aliphatic carbocycles. The molecular weight excluding hydrogens is 356 g/mol. The van der Waals surface area contributed by atoms with Crippen LogP contribution in [0, 0.1) is 0 Å². The topological polar surface area (TPSA) is 93.2 Å². The van der Waals surface area contributed by atoms with E-state index in [4.69, 9.17) is 4.74 Å². The summed E-state index contributed by atoms with van der Waals surface area (Å²) < 4.78 is 4.94. The van der Waals surface area contributed by atoms with Gasteiger partial charge < -0.3 is 15.4 Å². The summed E-state index contributed by atoms with van der Waals surface area (Å²) in [5.41, 5.74) is 2.50. The Balaban J connectivity index is 1.62. The molecule has 0 radical (unpaired) electrons. The van der Waals surface area contributed by atoms with Gasteiger partial charge in [-0.15, -0.1) is 0 Å². The molecule has 2 heterocycles. The number of nitrogens with one attached hydrogen (secondary N) is 2. The van der Waals surface area contributed by atoms with E-state index in [0.29, 0.717) is 35.8 Å². The van der Waals surface area contributed by atoms with Gasteiger partial charge in [-0.25, -0.2) is 9.78 Å². The van der Waals surface area contributed by atoms with Crippen LogP contribution >= 0.6 is 0 Å². The number of carbonyl (C=O) groups excluding carboxylic acids is 2. The van der Waals surface area contributed by atoms with Gasteiger partial charge in [0.2, 0.25) is 0 Å². The fourth-order valence-electron chi connectivity index (χ4n) is 2.47. The van der Waals surface area contributed by atoms with Crippen molar-refractivity contribution in [2.75, 3.05) is 17.2 Å². The first-order valence-corrected chi connectivity index (χ1v) is 8.83. The molecule has 3 rings (SSSR count). The summed E-state index contributed by atoms with van der Waals surface area (Å²) >= 11 is 0. The highest BCUT2D eigenvalue weighted by Crippen LogP contribution is 2.14. The van der Waals surface area contributed by atoms with Crippen LogP contribution in [0.25, 0.3) is 0 Å². The first-order valence-electron chi connectivity index (χ1n) is 8.83. The number of hydrogen-bond donors (Lipinski definition) is 2. The highest BCUT2D eigenvalue weighted by Gasteiger charge is 2.10. The lowest BCUT2D eigenvalue weighted by molar-refractivity contribution is 0.0526. The fraction of sp³-hybridized carbons (Fsp3) is 0.143. The molecule has 2 aromatic heterocycles. The minimum atomic E-state index is -0.390. The van der Waals surface area contributed by atoms with Crippen molar-refractivity contribution in [1.82, 2.24) is 9.97 Å². The molecule has 0 saturated heterocycles. The summed E-state index contributed by atoms with van der Waals surface area (Å²) in [7, 11) is 0. The molecule has 142 valence electrons. The van der Waals surface area contributed by atoms with E-state index in [1.54, 1.807) is 61.9 Å². The molecule has 28 heavy (non-hydrogen) atoms. The number of rotatable bonds is 7. The number of amides is 1. The van der Waals surface area contributed by atoms with Gasteiger partial charge in [0.1, 0.15) is 5.82 Å². The van der Waals surface area contributed by atoms with Crippen molar-refractivity contribution in [3.05, 3.63) is 83.8 Å². The Hall–Kier alpha value is -3.74. The third-order valence-electron chi connectivity index (χ3n) is 3.87. The van der Waals surface area contributed by atoms with Gasteiger partial charge in [-0.05, 0) is 55.0 Å². The van der Waals surface area contributed by atoms with E-state index in [9.17, 15) is 9.59 Å². The highest BCUT2D eigenvalue weighted by atomic mass is 16.5. The Morgan fingerprint density at radius 1 is 1.04 bits per heavy atom. The molecule has 7 nitrogen and oxygen atoms in total. The summed E-state index contributed by atoms with van der Waals surface area (Å²) in [5, 5.41) is 5.97. The third-order valence-corrected chi connectivity index (χ3v) is 3.87. The quantitative estimate of drug-likeness (QED) is 0.613. The summed E-state index contributed by atoms with van der Waals surface area (Å²) in [6.45, 7) is 2.62. The van der Waals surface area contributed by atoms with Gasteiger partial charge in [0.25, 0.3) is 5.91 Å². The largest absolute Gasteiger partial charge is 0.462 e. The van der Waals surface area contributed by atoms with Crippen molar-refractivity contribution in [2.45, 2.75) is 13.5 Å². The molecule has 0 bridgehead atoms. The predicted octanol–water partition coefficient (Wildman–Crippen LogP) is 3.52.